The van der Waals surface area contributed by atoms with Crippen LogP contribution in [0, 0.1) is 0 Å². The molecule has 0 spiro atoms. The molecule has 0 aliphatic carbocycles. The van der Waals surface area contributed by atoms with Crippen molar-refractivity contribution in [3.63, 3.8) is 0 Å². The molecule has 2 unspecified atom stereocenters. The van der Waals surface area contributed by atoms with Gasteiger partial charge in [0.1, 0.15) is 6.61 Å². The number of nitrogens with zero attached hydrogens (tertiary/aromatic N) is 1. The minimum atomic E-state index is -0.874. The number of esters is 2. The molecule has 0 heterocycles. The van der Waals surface area contributed by atoms with E-state index < -0.39 is 18.1 Å². The second-order valence-electron chi connectivity index (χ2n) is 16.3. The van der Waals surface area contributed by atoms with Crippen LogP contribution in [0.2, 0.25) is 0 Å². The summed E-state index contributed by atoms with van der Waals surface area (Å²) in [5.41, 5.74) is 0. The topological polar surface area (TPSA) is 99.1 Å². The first-order valence-electron chi connectivity index (χ1n) is 22.4. The number of carbonyl (C=O) groups is 3. The van der Waals surface area contributed by atoms with E-state index in [4.69, 9.17) is 14.2 Å². The van der Waals surface area contributed by atoms with Crippen LogP contribution in [0.25, 0.3) is 0 Å². The van der Waals surface area contributed by atoms with Gasteiger partial charge in [-0.25, -0.2) is 4.79 Å². The molecular formula is C46H86NO7+. The van der Waals surface area contributed by atoms with Crippen molar-refractivity contribution >= 4 is 17.9 Å². The van der Waals surface area contributed by atoms with E-state index in [0.717, 1.165) is 38.5 Å². The highest BCUT2D eigenvalue weighted by Crippen LogP contribution is 2.15. The number of allylic oxidation sites excluding steroid dienone is 4. The number of aliphatic carboxylic acids is 1. The third-order valence-corrected chi connectivity index (χ3v) is 10.1. The number of carbonyl (C=O) groups excluding carboxylic acids is 2. The second kappa shape index (κ2) is 37.7. The van der Waals surface area contributed by atoms with Crippen LogP contribution in [0.15, 0.2) is 24.3 Å². The maximum Gasteiger partial charge on any atom is 0.362 e. The number of carboxylic acids is 1. The lowest BCUT2D eigenvalue weighted by Gasteiger charge is -2.31. The fourth-order valence-electron chi connectivity index (χ4n) is 6.61. The Labute approximate surface area is 332 Å². The molecule has 0 aliphatic rings. The van der Waals surface area contributed by atoms with Crippen molar-refractivity contribution in [3.05, 3.63) is 24.3 Å². The van der Waals surface area contributed by atoms with Gasteiger partial charge >= 0.3 is 17.9 Å². The highest BCUT2D eigenvalue weighted by Gasteiger charge is 2.31. The molecule has 8 heteroatoms. The molecule has 0 rings (SSSR count). The van der Waals surface area contributed by atoms with E-state index >= 15 is 0 Å². The molecule has 0 saturated heterocycles. The maximum atomic E-state index is 12.7. The van der Waals surface area contributed by atoms with Crippen LogP contribution in [0.3, 0.4) is 0 Å². The predicted octanol–water partition coefficient (Wildman–Crippen LogP) is 12.1. The van der Waals surface area contributed by atoms with Crippen molar-refractivity contribution in [2.24, 2.45) is 0 Å². The number of quaternary nitrogens is 1. The van der Waals surface area contributed by atoms with Crippen molar-refractivity contribution < 1.29 is 38.2 Å². The number of carboxylic acid groups (broad SMARTS) is 1. The molecule has 0 aromatic carbocycles. The van der Waals surface area contributed by atoms with Gasteiger partial charge in [0.05, 0.1) is 34.4 Å². The Kier molecular flexibility index (Phi) is 36.2. The summed E-state index contributed by atoms with van der Waals surface area (Å²) in [4.78, 5) is 36.9. The number of likely N-dealkylation sites (N-methyl/N-ethyl adjacent to an activating group) is 1. The van der Waals surface area contributed by atoms with Gasteiger partial charge < -0.3 is 23.8 Å². The second-order valence-corrected chi connectivity index (χ2v) is 16.3. The van der Waals surface area contributed by atoms with E-state index in [1.807, 2.05) is 21.1 Å². The van der Waals surface area contributed by atoms with Crippen LogP contribution < -0.4 is 0 Å². The Morgan fingerprint density at radius 3 is 1.41 bits per heavy atom. The summed E-state index contributed by atoms with van der Waals surface area (Å²) in [6.45, 7) is 4.71. The Hall–Kier alpha value is -2.19. The van der Waals surface area contributed by atoms with Crippen LogP contribution in [0.4, 0.5) is 0 Å². The van der Waals surface area contributed by atoms with E-state index in [1.165, 1.54) is 128 Å². The Morgan fingerprint density at radius 2 is 0.963 bits per heavy atom. The fraction of sp³-hybridized carbons (Fsp3) is 0.848. The molecule has 8 nitrogen and oxygen atoms in total. The van der Waals surface area contributed by atoms with Crippen molar-refractivity contribution in [2.75, 3.05) is 41.0 Å². The molecule has 0 bridgehead atoms. The molecule has 0 aromatic rings. The molecule has 2 atom stereocenters. The molecule has 0 aromatic heterocycles. The van der Waals surface area contributed by atoms with Gasteiger partial charge in [0.25, 0.3) is 0 Å². The molecule has 316 valence electrons. The van der Waals surface area contributed by atoms with Crippen molar-refractivity contribution in [1.82, 2.24) is 0 Å². The zero-order valence-electron chi connectivity index (χ0n) is 35.9. The molecule has 0 fully saturated rings. The van der Waals surface area contributed by atoms with Crippen LogP contribution in [0.1, 0.15) is 200 Å². The van der Waals surface area contributed by atoms with Gasteiger partial charge in [0.15, 0.2) is 12.1 Å². The Bertz CT molecular complexity index is 942. The van der Waals surface area contributed by atoms with E-state index in [1.54, 1.807) is 0 Å². The van der Waals surface area contributed by atoms with E-state index in [2.05, 4.69) is 38.2 Å². The molecule has 0 radical (unpaired) electrons. The number of ether oxygens (including phenoxy) is 3. The SMILES string of the molecule is CCCCCC/C=C/C=C/CCCCCCCCCCCCC(=O)OCC(COCCC(C(=O)O)[N+](C)(C)C)OC(=O)CCCCCCCCCCCC. The third-order valence-electron chi connectivity index (χ3n) is 10.1. The summed E-state index contributed by atoms with van der Waals surface area (Å²) in [5, 5.41) is 9.60. The zero-order valence-corrected chi connectivity index (χ0v) is 35.9. The van der Waals surface area contributed by atoms with Crippen LogP contribution >= 0.6 is 0 Å². The zero-order chi connectivity index (χ0) is 40.0. The van der Waals surface area contributed by atoms with Gasteiger partial charge in [-0.05, 0) is 38.5 Å². The first-order chi connectivity index (χ1) is 26.1. The number of hydrogen-bond donors (Lipinski definition) is 1. The summed E-state index contributed by atoms with van der Waals surface area (Å²) >= 11 is 0. The maximum absolute atomic E-state index is 12.7. The Balaban J connectivity index is 4.23. The lowest BCUT2D eigenvalue weighted by molar-refractivity contribution is -0.887. The minimum absolute atomic E-state index is 0.0488. The lowest BCUT2D eigenvalue weighted by Crippen LogP contribution is -2.50. The average molecular weight is 765 g/mol. The lowest BCUT2D eigenvalue weighted by atomic mass is 10.1. The molecule has 1 N–H and O–H groups in total. The molecule has 0 saturated carbocycles. The predicted molar refractivity (Wildman–Crippen MR) is 225 cm³/mol. The van der Waals surface area contributed by atoms with E-state index in [0.29, 0.717) is 19.3 Å². The monoisotopic (exact) mass is 765 g/mol. The quantitative estimate of drug-likeness (QED) is 0.0287. The Morgan fingerprint density at radius 1 is 0.556 bits per heavy atom. The first kappa shape index (κ1) is 51.8. The standard InChI is InChI=1S/C46H85NO7/c1-6-8-10-12-14-16-18-19-20-21-22-23-24-25-26-27-29-30-32-34-36-44(48)53-41-42(40-52-39-38-43(46(50)51)47(3,4)5)54-45(49)37-35-33-31-28-17-15-13-11-9-7-2/h16,18-20,42-43H,6-15,17,21-41H2,1-5H3/p+1/b18-16+,20-19+. The minimum Gasteiger partial charge on any atom is -0.477 e. The summed E-state index contributed by atoms with van der Waals surface area (Å²) in [6.07, 6.45) is 40.7. The highest BCUT2D eigenvalue weighted by molar-refractivity contribution is 5.72. The van der Waals surface area contributed by atoms with Crippen molar-refractivity contribution in [2.45, 2.75) is 212 Å². The number of hydrogen-bond acceptors (Lipinski definition) is 6. The van der Waals surface area contributed by atoms with Gasteiger partial charge in [-0.2, -0.15) is 0 Å². The fourth-order valence-corrected chi connectivity index (χ4v) is 6.61. The summed E-state index contributed by atoms with van der Waals surface area (Å²) < 4.78 is 17.3. The van der Waals surface area contributed by atoms with Crippen LogP contribution in [-0.2, 0) is 28.6 Å². The summed E-state index contributed by atoms with van der Waals surface area (Å²) in [7, 11) is 5.53. The number of rotatable bonds is 40. The number of unbranched alkanes of at least 4 members (excludes halogenated alkanes) is 23. The third kappa shape index (κ3) is 35.5. The normalized spacial score (nSPS) is 13.1. The average Bonchev–Trinajstić information content (AvgIpc) is 3.12. The van der Waals surface area contributed by atoms with Gasteiger partial charge in [0.2, 0.25) is 0 Å². The summed E-state index contributed by atoms with van der Waals surface area (Å²) in [5.74, 6) is -1.46. The smallest absolute Gasteiger partial charge is 0.362 e. The molecule has 0 aliphatic heterocycles. The van der Waals surface area contributed by atoms with Gasteiger partial charge in [0, 0.05) is 19.3 Å². The van der Waals surface area contributed by atoms with Gasteiger partial charge in [-0.1, -0.05) is 167 Å². The van der Waals surface area contributed by atoms with E-state index in [-0.39, 0.29) is 36.2 Å². The molecular weight excluding hydrogens is 679 g/mol. The highest BCUT2D eigenvalue weighted by atomic mass is 16.6. The van der Waals surface area contributed by atoms with Crippen molar-refractivity contribution in [3.8, 4) is 0 Å². The molecule has 0 amide bonds. The molecule has 54 heavy (non-hydrogen) atoms. The first-order valence-corrected chi connectivity index (χ1v) is 22.4. The van der Waals surface area contributed by atoms with Gasteiger partial charge in [-0.3, -0.25) is 9.59 Å². The van der Waals surface area contributed by atoms with Crippen LogP contribution in [-0.4, -0.2) is 80.6 Å². The van der Waals surface area contributed by atoms with Crippen LogP contribution in [0.5, 0.6) is 0 Å². The largest absolute Gasteiger partial charge is 0.477 e. The van der Waals surface area contributed by atoms with Crippen molar-refractivity contribution in [1.29, 1.82) is 0 Å². The summed E-state index contributed by atoms with van der Waals surface area (Å²) in [6, 6.07) is -0.611. The van der Waals surface area contributed by atoms with Gasteiger partial charge in [-0.15, -0.1) is 0 Å². The van der Waals surface area contributed by atoms with E-state index in [9.17, 15) is 19.5 Å².